The van der Waals surface area contributed by atoms with Crippen LogP contribution in [0.1, 0.15) is 21.6 Å². The third-order valence-electron chi connectivity index (χ3n) is 3.93. The summed E-state index contributed by atoms with van der Waals surface area (Å²) in [5.74, 6) is -0.626. The lowest BCUT2D eigenvalue weighted by Gasteiger charge is -2.18. The first kappa shape index (κ1) is 15.9. The molecule has 0 aliphatic heterocycles. The number of para-hydroxylation sites is 1. The third-order valence-corrected chi connectivity index (χ3v) is 3.93. The molecule has 0 radical (unpaired) electrons. The van der Waals surface area contributed by atoms with Crippen LogP contribution in [0, 0.1) is 19.7 Å². The van der Waals surface area contributed by atoms with E-state index >= 15 is 0 Å². The molecule has 0 atom stereocenters. The quantitative estimate of drug-likeness (QED) is 0.733. The molecule has 0 spiro atoms. The normalized spacial score (nSPS) is 10.7. The SMILES string of the molecule is Cc1ccc(N(C)C(=O)c2ccn(-c3ccccc3F)n2)c(C)c1. The van der Waals surface area contributed by atoms with Crippen LogP contribution in [0.25, 0.3) is 5.69 Å². The van der Waals surface area contributed by atoms with Crippen LogP contribution in [-0.2, 0) is 0 Å². The molecule has 3 aromatic rings. The molecule has 4 nitrogen and oxygen atoms in total. The number of carbonyl (C=O) groups excluding carboxylic acids is 1. The van der Waals surface area contributed by atoms with Gasteiger partial charge in [-0.25, -0.2) is 9.07 Å². The fraction of sp³-hybridized carbons (Fsp3) is 0.158. The van der Waals surface area contributed by atoms with E-state index in [0.717, 1.165) is 16.8 Å². The lowest BCUT2D eigenvalue weighted by molar-refractivity contribution is 0.0987. The maximum Gasteiger partial charge on any atom is 0.278 e. The Morgan fingerprint density at radius 3 is 2.58 bits per heavy atom. The molecule has 1 amide bonds. The number of rotatable bonds is 3. The number of carbonyl (C=O) groups is 1. The van der Waals surface area contributed by atoms with Crippen molar-refractivity contribution in [3.05, 3.63) is 77.4 Å². The number of nitrogens with zero attached hydrogens (tertiary/aromatic N) is 3. The van der Waals surface area contributed by atoms with Gasteiger partial charge < -0.3 is 4.90 Å². The van der Waals surface area contributed by atoms with Crippen LogP contribution in [-0.4, -0.2) is 22.7 Å². The van der Waals surface area contributed by atoms with Crippen molar-refractivity contribution in [1.82, 2.24) is 9.78 Å². The molecule has 1 heterocycles. The smallest absolute Gasteiger partial charge is 0.278 e. The van der Waals surface area contributed by atoms with Crippen molar-refractivity contribution in [3.8, 4) is 5.69 Å². The fourth-order valence-electron chi connectivity index (χ4n) is 2.67. The molecule has 1 aromatic heterocycles. The van der Waals surface area contributed by atoms with E-state index in [1.165, 1.54) is 10.7 Å². The second-order valence-electron chi connectivity index (χ2n) is 5.75. The number of aryl methyl sites for hydroxylation is 2. The van der Waals surface area contributed by atoms with E-state index in [0.29, 0.717) is 5.69 Å². The zero-order chi connectivity index (χ0) is 17.3. The minimum atomic E-state index is -0.387. The molecule has 24 heavy (non-hydrogen) atoms. The van der Waals surface area contributed by atoms with Crippen LogP contribution in [0.5, 0.6) is 0 Å². The van der Waals surface area contributed by atoms with Gasteiger partial charge in [0.25, 0.3) is 5.91 Å². The standard InChI is InChI=1S/C19H18FN3O/c1-13-8-9-17(14(2)12-13)22(3)19(24)16-10-11-23(21-16)18-7-5-4-6-15(18)20/h4-12H,1-3H3. The maximum atomic E-state index is 13.8. The number of aromatic nitrogens is 2. The van der Waals surface area contributed by atoms with Gasteiger partial charge in [0.05, 0.1) is 0 Å². The summed E-state index contributed by atoms with van der Waals surface area (Å²) in [6.45, 7) is 3.97. The van der Waals surface area contributed by atoms with E-state index < -0.39 is 0 Å². The average Bonchev–Trinajstić information content (AvgIpc) is 3.03. The number of benzene rings is 2. The van der Waals surface area contributed by atoms with Crippen molar-refractivity contribution in [2.45, 2.75) is 13.8 Å². The van der Waals surface area contributed by atoms with Crippen molar-refractivity contribution in [1.29, 1.82) is 0 Å². The highest BCUT2D eigenvalue weighted by Gasteiger charge is 2.18. The molecule has 0 bridgehead atoms. The molecular weight excluding hydrogens is 305 g/mol. The largest absolute Gasteiger partial charge is 0.310 e. The molecular formula is C19H18FN3O. The van der Waals surface area contributed by atoms with Gasteiger partial charge in [0, 0.05) is 18.9 Å². The van der Waals surface area contributed by atoms with Gasteiger partial charge in [-0.15, -0.1) is 0 Å². The van der Waals surface area contributed by atoms with Crippen LogP contribution in [0.3, 0.4) is 0 Å². The summed E-state index contributed by atoms with van der Waals surface area (Å²) in [5, 5.41) is 4.22. The van der Waals surface area contributed by atoms with Crippen molar-refractivity contribution >= 4 is 11.6 Å². The minimum Gasteiger partial charge on any atom is -0.310 e. The molecule has 3 rings (SSSR count). The van der Waals surface area contributed by atoms with Gasteiger partial charge in [-0.05, 0) is 43.7 Å². The van der Waals surface area contributed by atoms with E-state index in [1.54, 1.807) is 42.4 Å². The summed E-state index contributed by atoms with van der Waals surface area (Å²) < 4.78 is 15.2. The molecule has 2 aromatic carbocycles. The van der Waals surface area contributed by atoms with E-state index in [-0.39, 0.29) is 17.4 Å². The number of hydrogen-bond acceptors (Lipinski definition) is 2. The molecule has 122 valence electrons. The molecule has 0 saturated carbocycles. The number of halogens is 1. The Morgan fingerprint density at radius 2 is 1.88 bits per heavy atom. The first-order valence-electron chi connectivity index (χ1n) is 7.63. The van der Waals surface area contributed by atoms with Gasteiger partial charge in [0.1, 0.15) is 11.5 Å². The van der Waals surface area contributed by atoms with Gasteiger partial charge in [0.15, 0.2) is 5.69 Å². The molecule has 0 aliphatic carbocycles. The lowest BCUT2D eigenvalue weighted by Crippen LogP contribution is -2.27. The first-order chi connectivity index (χ1) is 11.5. The predicted octanol–water partition coefficient (Wildman–Crippen LogP) is 3.90. The predicted molar refractivity (Wildman–Crippen MR) is 92.2 cm³/mol. The summed E-state index contributed by atoms with van der Waals surface area (Å²) in [6, 6.07) is 13.8. The molecule has 0 fully saturated rings. The van der Waals surface area contributed by atoms with Crippen LogP contribution < -0.4 is 4.90 Å². The first-order valence-corrected chi connectivity index (χ1v) is 7.63. The summed E-state index contributed by atoms with van der Waals surface area (Å²) in [7, 11) is 1.71. The van der Waals surface area contributed by atoms with Gasteiger partial charge >= 0.3 is 0 Å². The highest BCUT2D eigenvalue weighted by atomic mass is 19.1. The Labute approximate surface area is 140 Å². The Hall–Kier alpha value is -2.95. The summed E-state index contributed by atoms with van der Waals surface area (Å²) >= 11 is 0. The maximum absolute atomic E-state index is 13.8. The number of amides is 1. The fourth-order valence-corrected chi connectivity index (χ4v) is 2.67. The third kappa shape index (κ3) is 2.93. The highest BCUT2D eigenvalue weighted by molar-refractivity contribution is 6.04. The van der Waals surface area contributed by atoms with Crippen LogP contribution in [0.4, 0.5) is 10.1 Å². The summed E-state index contributed by atoms with van der Waals surface area (Å²) in [4.78, 5) is 14.2. The second kappa shape index (κ2) is 6.28. The van der Waals surface area contributed by atoms with E-state index in [9.17, 15) is 9.18 Å². The van der Waals surface area contributed by atoms with Crippen molar-refractivity contribution in [2.75, 3.05) is 11.9 Å². The lowest BCUT2D eigenvalue weighted by atomic mass is 10.1. The minimum absolute atomic E-state index is 0.239. The number of anilines is 1. The Kier molecular flexibility index (Phi) is 4.16. The highest BCUT2D eigenvalue weighted by Crippen LogP contribution is 2.21. The monoisotopic (exact) mass is 323 g/mol. The second-order valence-corrected chi connectivity index (χ2v) is 5.75. The van der Waals surface area contributed by atoms with Crippen LogP contribution >= 0.6 is 0 Å². The average molecular weight is 323 g/mol. The van der Waals surface area contributed by atoms with Gasteiger partial charge in [-0.1, -0.05) is 29.8 Å². The Balaban J connectivity index is 1.90. The molecule has 5 heteroatoms. The van der Waals surface area contributed by atoms with Crippen molar-refractivity contribution < 1.29 is 9.18 Å². The summed E-state index contributed by atoms with van der Waals surface area (Å²) in [5.41, 5.74) is 3.55. The van der Waals surface area contributed by atoms with E-state index in [1.807, 2.05) is 32.0 Å². The van der Waals surface area contributed by atoms with Gasteiger partial charge in [-0.3, -0.25) is 4.79 Å². The van der Waals surface area contributed by atoms with E-state index in [4.69, 9.17) is 0 Å². The Morgan fingerprint density at radius 1 is 1.12 bits per heavy atom. The van der Waals surface area contributed by atoms with Gasteiger partial charge in [-0.2, -0.15) is 5.10 Å². The topological polar surface area (TPSA) is 38.1 Å². The molecule has 0 saturated heterocycles. The molecule has 0 unspecified atom stereocenters. The zero-order valence-electron chi connectivity index (χ0n) is 13.8. The van der Waals surface area contributed by atoms with Crippen molar-refractivity contribution in [2.24, 2.45) is 0 Å². The summed E-state index contributed by atoms with van der Waals surface area (Å²) in [6.07, 6.45) is 1.58. The van der Waals surface area contributed by atoms with Crippen molar-refractivity contribution in [3.63, 3.8) is 0 Å². The van der Waals surface area contributed by atoms with Crippen LogP contribution in [0.15, 0.2) is 54.7 Å². The number of hydrogen-bond donors (Lipinski definition) is 0. The van der Waals surface area contributed by atoms with Crippen LogP contribution in [0.2, 0.25) is 0 Å². The molecule has 0 aliphatic rings. The zero-order valence-corrected chi connectivity index (χ0v) is 13.8. The van der Waals surface area contributed by atoms with E-state index in [2.05, 4.69) is 5.10 Å². The molecule has 0 N–H and O–H groups in total. The Bertz CT molecular complexity index is 901. The van der Waals surface area contributed by atoms with Gasteiger partial charge in [0.2, 0.25) is 0 Å².